The van der Waals surface area contributed by atoms with E-state index in [4.69, 9.17) is 9.57 Å². The third-order valence-corrected chi connectivity index (χ3v) is 6.03. The Bertz CT molecular complexity index is 939. The van der Waals surface area contributed by atoms with E-state index in [1.54, 1.807) is 37.3 Å². The Labute approximate surface area is 207 Å². The summed E-state index contributed by atoms with van der Waals surface area (Å²) in [7, 11) is 1.67. The summed E-state index contributed by atoms with van der Waals surface area (Å²) in [4.78, 5) is 7.49. The maximum atomic E-state index is 13.0. The molecule has 2 aliphatic heterocycles. The van der Waals surface area contributed by atoms with Crippen LogP contribution in [0.5, 0.6) is 5.75 Å². The van der Waals surface area contributed by atoms with Gasteiger partial charge in [0.15, 0.2) is 0 Å². The third kappa shape index (κ3) is 6.45. The van der Waals surface area contributed by atoms with Crippen LogP contribution in [0.15, 0.2) is 54.2 Å². The van der Waals surface area contributed by atoms with E-state index in [0.717, 1.165) is 60.0 Å². The molecule has 2 N–H and O–H groups in total. The zero-order valence-corrected chi connectivity index (χ0v) is 21.3. The van der Waals surface area contributed by atoms with Crippen molar-refractivity contribution < 1.29 is 19.1 Å². The summed E-state index contributed by atoms with van der Waals surface area (Å²) in [5.41, 5.74) is 1.83. The monoisotopic (exact) mass is 489 g/mol. The highest BCUT2D eigenvalue weighted by atomic mass is 32.2. The van der Waals surface area contributed by atoms with Crippen LogP contribution in [0.25, 0.3) is 6.08 Å². The zero-order chi connectivity index (χ0) is 25.0. The summed E-state index contributed by atoms with van der Waals surface area (Å²) in [6, 6.07) is 12.0. The molecular formula is C26H36FN3O3S. The van der Waals surface area contributed by atoms with Gasteiger partial charge < -0.3 is 24.3 Å². The summed E-state index contributed by atoms with van der Waals surface area (Å²) in [5, 5.41) is 13.8. The maximum Gasteiger partial charge on any atom is 0.260 e. The average Bonchev–Trinajstić information content (AvgIpc) is 3.29. The number of rotatable bonds is 7. The molecule has 186 valence electrons. The second kappa shape index (κ2) is 13.9. The number of hydrogen-bond donors (Lipinski definition) is 2. The minimum Gasteiger partial charge on any atom is -0.495 e. The number of fused-ring (bicyclic) bond motifs is 1. The molecule has 2 aliphatic rings. The fourth-order valence-corrected chi connectivity index (χ4v) is 4.14. The number of methoxy groups -OCH3 is 1. The lowest BCUT2D eigenvalue weighted by Crippen LogP contribution is -2.50. The Hall–Kier alpha value is -2.71. The lowest BCUT2D eigenvalue weighted by Gasteiger charge is -2.38. The van der Waals surface area contributed by atoms with Crippen LogP contribution in [-0.4, -0.2) is 41.9 Å². The first-order valence-corrected chi connectivity index (χ1v) is 12.6. The standard InChI is InChI=1S/C13H15FN2O2.C11H15NOS.C2H6/c14-11-6-4-10(5-7-11)13(9-17)16-8-2-1-3-12(16)15-18-13;1-4-9-6-7-10(12-14-5-2)11(8-9)13-3;1-2/h4-7,17H,1-3,8-9H2;4,6-8,12H,1,5H2,2-3H3;1-2H3. The normalized spacial score (nSPS) is 18.2. The van der Waals surface area contributed by atoms with Gasteiger partial charge in [-0.3, -0.25) is 0 Å². The molecule has 1 fully saturated rings. The molecular weight excluding hydrogens is 453 g/mol. The first-order chi connectivity index (χ1) is 16.6. The summed E-state index contributed by atoms with van der Waals surface area (Å²) in [6.45, 7) is 10.4. The fraction of sp³-hybridized carbons (Fsp3) is 0.423. The van der Waals surface area contributed by atoms with Gasteiger partial charge in [0.2, 0.25) is 0 Å². The van der Waals surface area contributed by atoms with E-state index in [-0.39, 0.29) is 12.4 Å². The largest absolute Gasteiger partial charge is 0.495 e. The van der Waals surface area contributed by atoms with Crippen LogP contribution in [0.1, 0.15) is 51.2 Å². The highest BCUT2D eigenvalue weighted by Crippen LogP contribution is 2.38. The zero-order valence-electron chi connectivity index (χ0n) is 20.5. The highest BCUT2D eigenvalue weighted by Gasteiger charge is 2.47. The number of benzene rings is 2. The Kier molecular flexibility index (Phi) is 11.2. The van der Waals surface area contributed by atoms with Crippen LogP contribution in [0.4, 0.5) is 10.1 Å². The van der Waals surface area contributed by atoms with Gasteiger partial charge in [-0.1, -0.05) is 56.6 Å². The predicted octanol–water partition coefficient (Wildman–Crippen LogP) is 6.24. The number of nitrogens with one attached hydrogen (secondary N) is 1. The van der Waals surface area contributed by atoms with Gasteiger partial charge in [0.25, 0.3) is 5.72 Å². The smallest absolute Gasteiger partial charge is 0.260 e. The van der Waals surface area contributed by atoms with Gasteiger partial charge in [0.1, 0.15) is 24.0 Å². The van der Waals surface area contributed by atoms with E-state index < -0.39 is 5.72 Å². The van der Waals surface area contributed by atoms with E-state index in [1.165, 1.54) is 12.1 Å². The molecule has 0 saturated carbocycles. The van der Waals surface area contributed by atoms with Crippen LogP contribution in [-0.2, 0) is 10.6 Å². The van der Waals surface area contributed by atoms with Gasteiger partial charge in [-0.05, 0) is 54.8 Å². The van der Waals surface area contributed by atoms with Crippen molar-refractivity contribution in [3.63, 3.8) is 0 Å². The summed E-state index contributed by atoms with van der Waals surface area (Å²) in [6.07, 6.45) is 4.80. The topological polar surface area (TPSA) is 66.3 Å². The van der Waals surface area contributed by atoms with Gasteiger partial charge in [0, 0.05) is 24.3 Å². The van der Waals surface area contributed by atoms with E-state index in [0.29, 0.717) is 0 Å². The van der Waals surface area contributed by atoms with Crippen molar-refractivity contribution in [1.29, 1.82) is 0 Å². The molecule has 6 nitrogen and oxygen atoms in total. The van der Waals surface area contributed by atoms with Crippen molar-refractivity contribution in [2.45, 2.75) is 45.8 Å². The lowest BCUT2D eigenvalue weighted by atomic mass is 9.98. The Morgan fingerprint density at radius 1 is 1.26 bits per heavy atom. The van der Waals surface area contributed by atoms with Crippen LogP contribution in [0.3, 0.4) is 0 Å². The minimum absolute atomic E-state index is 0.203. The maximum absolute atomic E-state index is 13.0. The number of amidine groups is 1. The Morgan fingerprint density at radius 2 is 2.00 bits per heavy atom. The quantitative estimate of drug-likeness (QED) is 0.449. The Morgan fingerprint density at radius 3 is 2.62 bits per heavy atom. The van der Waals surface area contributed by atoms with Crippen molar-refractivity contribution in [3.05, 3.63) is 66.0 Å². The van der Waals surface area contributed by atoms with Crippen LogP contribution in [0, 0.1) is 5.82 Å². The van der Waals surface area contributed by atoms with Crippen molar-refractivity contribution in [2.24, 2.45) is 5.16 Å². The van der Waals surface area contributed by atoms with Crippen molar-refractivity contribution in [1.82, 2.24) is 4.90 Å². The van der Waals surface area contributed by atoms with Gasteiger partial charge in [-0.15, -0.1) is 0 Å². The van der Waals surface area contributed by atoms with Crippen molar-refractivity contribution >= 4 is 29.5 Å². The third-order valence-electron chi connectivity index (χ3n) is 5.38. The van der Waals surface area contributed by atoms with Crippen LogP contribution in [0.2, 0.25) is 0 Å². The number of anilines is 1. The van der Waals surface area contributed by atoms with Crippen molar-refractivity contribution in [3.8, 4) is 5.75 Å². The van der Waals surface area contributed by atoms with Gasteiger partial charge in [-0.2, -0.15) is 0 Å². The molecule has 1 unspecified atom stereocenters. The van der Waals surface area contributed by atoms with E-state index >= 15 is 0 Å². The molecule has 1 saturated heterocycles. The van der Waals surface area contributed by atoms with Crippen molar-refractivity contribution in [2.75, 3.05) is 30.7 Å². The molecule has 2 aromatic rings. The number of halogens is 1. The summed E-state index contributed by atoms with van der Waals surface area (Å²) >= 11 is 1.65. The molecule has 1 atom stereocenters. The number of piperidine rings is 1. The van der Waals surface area contributed by atoms with Crippen LogP contribution >= 0.6 is 11.9 Å². The molecule has 0 spiro atoms. The molecule has 2 aromatic carbocycles. The number of ether oxygens (including phenoxy) is 1. The van der Waals surface area contributed by atoms with Crippen LogP contribution < -0.4 is 9.46 Å². The summed E-state index contributed by atoms with van der Waals surface area (Å²) < 4.78 is 21.5. The van der Waals surface area contributed by atoms with Gasteiger partial charge in [0.05, 0.1) is 12.8 Å². The lowest BCUT2D eigenvalue weighted by molar-refractivity contribution is -0.138. The molecule has 2 heterocycles. The molecule has 0 aliphatic carbocycles. The Balaban J connectivity index is 0.000000231. The highest BCUT2D eigenvalue weighted by molar-refractivity contribution is 8.00. The minimum atomic E-state index is -0.969. The summed E-state index contributed by atoms with van der Waals surface area (Å²) in [5.74, 6) is 2.44. The fourth-order valence-electron chi connectivity index (χ4n) is 3.67. The SMILES string of the molecule is C=Cc1ccc(NSCC)c(OC)c1.CC.OCC1(c2ccc(F)cc2)ON=C2CCCCN21. The molecule has 0 bridgehead atoms. The molecule has 0 aromatic heterocycles. The average molecular weight is 490 g/mol. The van der Waals surface area contributed by atoms with E-state index in [2.05, 4.69) is 23.4 Å². The second-order valence-corrected chi connectivity index (χ2v) is 8.43. The second-order valence-electron chi connectivity index (χ2n) is 7.36. The number of hydrogen-bond acceptors (Lipinski definition) is 7. The number of nitrogens with zero attached hydrogens (tertiary/aromatic N) is 2. The molecule has 0 radical (unpaired) electrons. The predicted molar refractivity (Wildman–Crippen MR) is 140 cm³/mol. The molecule has 4 rings (SSSR count). The molecule has 8 heteroatoms. The number of oxime groups is 1. The molecule has 34 heavy (non-hydrogen) atoms. The molecule has 0 amide bonds. The van der Waals surface area contributed by atoms with E-state index in [1.807, 2.05) is 36.9 Å². The number of aliphatic hydroxyl groups is 1. The van der Waals surface area contributed by atoms with E-state index in [9.17, 15) is 9.50 Å². The van der Waals surface area contributed by atoms with Gasteiger partial charge >= 0.3 is 0 Å². The number of aliphatic hydroxyl groups excluding tert-OH is 1. The first-order valence-electron chi connectivity index (χ1n) is 11.7. The van der Waals surface area contributed by atoms with Gasteiger partial charge in [-0.25, -0.2) is 4.39 Å². The first kappa shape index (κ1) is 27.5.